The number of aromatic nitrogens is 1. The van der Waals surface area contributed by atoms with E-state index in [0.29, 0.717) is 6.42 Å². The lowest BCUT2D eigenvalue weighted by Gasteiger charge is -2.13. The molecule has 0 radical (unpaired) electrons. The minimum Gasteiger partial charge on any atom is -0.388 e. The smallest absolute Gasteiger partial charge is 0.101 e. The second-order valence-electron chi connectivity index (χ2n) is 3.88. The number of nitrogens with zero attached hydrogens (tertiary/aromatic N) is 1. The van der Waals surface area contributed by atoms with Crippen molar-refractivity contribution in [2.75, 3.05) is 0 Å². The summed E-state index contributed by atoms with van der Waals surface area (Å²) < 4.78 is 0.966. The average molecular weight is 324 g/mol. The van der Waals surface area contributed by atoms with Crippen LogP contribution in [-0.2, 0) is 0 Å². The molecular formula is C14H14BrNOS. The Hall–Kier alpha value is -0.840. The summed E-state index contributed by atoms with van der Waals surface area (Å²) in [6, 6.07) is 11.8. The normalized spacial score (nSPS) is 12.4. The van der Waals surface area contributed by atoms with Crippen molar-refractivity contribution in [2.24, 2.45) is 0 Å². The lowest BCUT2D eigenvalue weighted by molar-refractivity contribution is 0.171. The monoisotopic (exact) mass is 323 g/mol. The number of halogens is 1. The number of hydrogen-bond donors (Lipinski definition) is 1. The first kappa shape index (κ1) is 13.6. The molecule has 2 rings (SSSR count). The first-order valence-electron chi connectivity index (χ1n) is 5.77. The van der Waals surface area contributed by atoms with E-state index >= 15 is 0 Å². The number of aliphatic hydroxyl groups is 1. The van der Waals surface area contributed by atoms with Crippen LogP contribution in [0.3, 0.4) is 0 Å². The van der Waals surface area contributed by atoms with E-state index in [2.05, 4.69) is 20.9 Å². The van der Waals surface area contributed by atoms with Gasteiger partial charge in [-0.3, -0.25) is 0 Å². The van der Waals surface area contributed by atoms with Crippen LogP contribution in [-0.4, -0.2) is 10.1 Å². The molecule has 0 spiro atoms. The van der Waals surface area contributed by atoms with Crippen molar-refractivity contribution in [1.82, 2.24) is 4.98 Å². The van der Waals surface area contributed by atoms with E-state index in [1.165, 1.54) is 0 Å². The van der Waals surface area contributed by atoms with Crippen molar-refractivity contribution in [3.8, 4) is 0 Å². The van der Waals surface area contributed by atoms with Crippen molar-refractivity contribution < 1.29 is 5.11 Å². The first-order valence-corrected chi connectivity index (χ1v) is 7.38. The number of benzene rings is 1. The molecule has 1 N–H and O–H groups in total. The Morgan fingerprint density at radius 1 is 1.28 bits per heavy atom. The second kappa shape index (κ2) is 6.36. The third kappa shape index (κ3) is 3.34. The summed E-state index contributed by atoms with van der Waals surface area (Å²) in [6.07, 6.45) is 2.08. The van der Waals surface area contributed by atoms with Crippen molar-refractivity contribution in [3.05, 3.63) is 52.6 Å². The van der Waals surface area contributed by atoms with Gasteiger partial charge in [0.05, 0.1) is 6.10 Å². The summed E-state index contributed by atoms with van der Waals surface area (Å²) >= 11 is 4.94. The quantitative estimate of drug-likeness (QED) is 0.903. The zero-order chi connectivity index (χ0) is 13.0. The van der Waals surface area contributed by atoms with Crippen molar-refractivity contribution in [2.45, 2.75) is 29.4 Å². The number of rotatable bonds is 4. The maximum Gasteiger partial charge on any atom is 0.101 e. The van der Waals surface area contributed by atoms with E-state index in [4.69, 9.17) is 0 Å². The largest absolute Gasteiger partial charge is 0.388 e. The van der Waals surface area contributed by atoms with E-state index < -0.39 is 6.10 Å². The fourth-order valence-corrected chi connectivity index (χ4v) is 2.77. The van der Waals surface area contributed by atoms with E-state index in [1.807, 2.05) is 43.3 Å². The van der Waals surface area contributed by atoms with Crippen LogP contribution in [0.1, 0.15) is 25.0 Å². The van der Waals surface area contributed by atoms with Gasteiger partial charge in [-0.1, -0.05) is 36.9 Å². The Kier molecular flexibility index (Phi) is 4.80. The molecule has 0 unspecified atom stereocenters. The summed E-state index contributed by atoms with van der Waals surface area (Å²) in [5.74, 6) is 0. The Morgan fingerprint density at radius 2 is 2.06 bits per heavy atom. The summed E-state index contributed by atoms with van der Waals surface area (Å²) in [6.45, 7) is 1.98. The molecule has 94 valence electrons. The van der Waals surface area contributed by atoms with Gasteiger partial charge in [0.15, 0.2) is 0 Å². The summed E-state index contributed by atoms with van der Waals surface area (Å²) in [5.41, 5.74) is 0.967. The molecule has 1 heterocycles. The van der Waals surface area contributed by atoms with Gasteiger partial charge in [0, 0.05) is 15.6 Å². The molecule has 4 heteroatoms. The molecule has 1 aromatic carbocycles. The van der Waals surface area contributed by atoms with Gasteiger partial charge in [-0.2, -0.15) is 0 Å². The van der Waals surface area contributed by atoms with Crippen molar-refractivity contribution in [1.29, 1.82) is 0 Å². The van der Waals surface area contributed by atoms with E-state index in [1.54, 1.807) is 18.0 Å². The molecule has 0 aliphatic rings. The van der Waals surface area contributed by atoms with Gasteiger partial charge in [-0.05, 0) is 46.1 Å². The van der Waals surface area contributed by atoms with E-state index in [0.717, 1.165) is 20.0 Å². The molecule has 1 aromatic heterocycles. The molecule has 1 atom stereocenters. The summed E-state index contributed by atoms with van der Waals surface area (Å²) in [4.78, 5) is 5.39. The van der Waals surface area contributed by atoms with Crippen LogP contribution in [0, 0.1) is 0 Å². The maximum absolute atomic E-state index is 9.99. The molecule has 0 amide bonds. The molecule has 0 aliphatic carbocycles. The molecule has 18 heavy (non-hydrogen) atoms. The Labute approximate surface area is 120 Å². The van der Waals surface area contributed by atoms with Gasteiger partial charge in [0.2, 0.25) is 0 Å². The van der Waals surface area contributed by atoms with E-state index in [9.17, 15) is 5.11 Å². The molecule has 0 bridgehead atoms. The highest BCUT2D eigenvalue weighted by atomic mass is 79.9. The number of pyridine rings is 1. The van der Waals surface area contributed by atoms with Crippen molar-refractivity contribution >= 4 is 27.7 Å². The van der Waals surface area contributed by atoms with Gasteiger partial charge in [-0.15, -0.1) is 0 Å². The predicted molar refractivity (Wildman–Crippen MR) is 77.8 cm³/mol. The zero-order valence-electron chi connectivity index (χ0n) is 10.0. The van der Waals surface area contributed by atoms with Crippen LogP contribution in [0.4, 0.5) is 0 Å². The highest BCUT2D eigenvalue weighted by molar-refractivity contribution is 9.10. The van der Waals surface area contributed by atoms with Crippen LogP contribution in [0.25, 0.3) is 0 Å². The highest BCUT2D eigenvalue weighted by Gasteiger charge is 2.11. The molecule has 0 fully saturated rings. The Bertz CT molecular complexity index is 515. The third-order valence-electron chi connectivity index (χ3n) is 2.58. The van der Waals surface area contributed by atoms with Crippen LogP contribution >= 0.6 is 27.7 Å². The zero-order valence-corrected chi connectivity index (χ0v) is 12.4. The number of hydrogen-bond acceptors (Lipinski definition) is 3. The molecule has 0 saturated carbocycles. The molecule has 0 aliphatic heterocycles. The number of aliphatic hydroxyl groups excluding tert-OH is 1. The SMILES string of the molecule is CC[C@H](O)c1ccccc1Sc1ccc(Br)cn1. The van der Waals surface area contributed by atoms with Crippen LogP contribution in [0.5, 0.6) is 0 Å². The summed E-state index contributed by atoms with van der Waals surface area (Å²) in [5, 5.41) is 10.9. The van der Waals surface area contributed by atoms with Crippen LogP contribution < -0.4 is 0 Å². The maximum atomic E-state index is 9.99. The molecule has 2 nitrogen and oxygen atoms in total. The topological polar surface area (TPSA) is 33.1 Å². The van der Waals surface area contributed by atoms with Gasteiger partial charge < -0.3 is 5.11 Å². The van der Waals surface area contributed by atoms with Gasteiger partial charge in [0.1, 0.15) is 5.03 Å². The molecular weight excluding hydrogens is 310 g/mol. The minimum absolute atomic E-state index is 0.413. The fourth-order valence-electron chi connectivity index (χ4n) is 1.60. The van der Waals surface area contributed by atoms with Crippen LogP contribution in [0.2, 0.25) is 0 Å². The molecule has 0 saturated heterocycles. The predicted octanol–water partition coefficient (Wildman–Crippen LogP) is 4.44. The Morgan fingerprint density at radius 3 is 2.72 bits per heavy atom. The fraction of sp³-hybridized carbons (Fsp3) is 0.214. The molecule has 2 aromatic rings. The van der Waals surface area contributed by atoms with Crippen LogP contribution in [0.15, 0.2) is 57.0 Å². The van der Waals surface area contributed by atoms with Gasteiger partial charge in [0.25, 0.3) is 0 Å². The lowest BCUT2D eigenvalue weighted by atomic mass is 10.1. The summed E-state index contributed by atoms with van der Waals surface area (Å²) in [7, 11) is 0. The second-order valence-corrected chi connectivity index (χ2v) is 5.86. The average Bonchev–Trinajstić information content (AvgIpc) is 2.41. The van der Waals surface area contributed by atoms with Gasteiger partial charge >= 0.3 is 0 Å². The Balaban J connectivity index is 2.26. The van der Waals surface area contributed by atoms with Crippen molar-refractivity contribution in [3.63, 3.8) is 0 Å². The first-order chi connectivity index (χ1) is 8.70. The highest BCUT2D eigenvalue weighted by Crippen LogP contribution is 2.33. The van der Waals surface area contributed by atoms with Gasteiger partial charge in [-0.25, -0.2) is 4.98 Å². The van der Waals surface area contributed by atoms with E-state index in [-0.39, 0.29) is 0 Å². The minimum atomic E-state index is -0.413. The third-order valence-corrected chi connectivity index (χ3v) is 4.09. The standard InChI is InChI=1S/C14H14BrNOS/c1-2-12(17)11-5-3-4-6-13(11)18-14-8-7-10(15)9-16-14/h3-9,12,17H,2H2,1H3/t12-/m0/s1. The lowest BCUT2D eigenvalue weighted by Crippen LogP contribution is -1.97.